The zero-order chi connectivity index (χ0) is 7.98. The Bertz CT molecular complexity index is 102. The summed E-state index contributed by atoms with van der Waals surface area (Å²) in [5.74, 6) is 0.584. The van der Waals surface area contributed by atoms with Crippen LogP contribution < -0.4 is 0 Å². The average molecular weight is 178 g/mol. The van der Waals surface area contributed by atoms with Gasteiger partial charge < -0.3 is 9.11 Å². The molecule has 2 nitrogen and oxygen atoms in total. The molecule has 0 aromatic heterocycles. The van der Waals surface area contributed by atoms with Crippen molar-refractivity contribution in [2.45, 2.75) is 0 Å². The summed E-state index contributed by atoms with van der Waals surface area (Å²) in [7, 11) is -2.56. The van der Waals surface area contributed by atoms with Crippen molar-refractivity contribution in [3.05, 3.63) is 25.3 Å². The van der Waals surface area contributed by atoms with Crippen molar-refractivity contribution in [1.82, 2.24) is 0 Å². The Kier molecular flexibility index (Phi) is 5.91. The van der Waals surface area contributed by atoms with Crippen LogP contribution in [0.5, 0.6) is 0 Å². The van der Waals surface area contributed by atoms with Crippen LogP contribution in [0.3, 0.4) is 0 Å². The van der Waals surface area contributed by atoms with Gasteiger partial charge in [0.15, 0.2) is 31.9 Å². The molecule has 0 aromatic rings. The third-order valence-corrected chi connectivity index (χ3v) is 4.21. The second kappa shape index (κ2) is 5.85. The Balaban J connectivity index is 3.56. The lowest BCUT2D eigenvalue weighted by Gasteiger charge is -2.08. The first kappa shape index (κ1) is 10.1. The van der Waals surface area contributed by atoms with Gasteiger partial charge in [-0.25, -0.2) is 0 Å². The van der Waals surface area contributed by atoms with Gasteiger partial charge in [-0.1, -0.05) is 13.2 Å². The van der Waals surface area contributed by atoms with Crippen LogP contribution in [0.1, 0.15) is 0 Å². The van der Waals surface area contributed by atoms with Gasteiger partial charge in [-0.2, -0.15) is 0 Å². The summed E-state index contributed by atoms with van der Waals surface area (Å²) < 4.78 is 21.6. The molecule has 58 valence electrons. The quantitative estimate of drug-likeness (QED) is 0.354. The van der Waals surface area contributed by atoms with Crippen molar-refractivity contribution in [1.29, 1.82) is 0 Å². The monoisotopic (exact) mass is 178 g/mol. The minimum absolute atomic E-state index is 0.292. The molecule has 0 aliphatic heterocycles. The molecule has 0 bridgehead atoms. The Morgan fingerprint density at radius 1 is 1.00 bits per heavy atom. The molecule has 0 aliphatic carbocycles. The standard InChI is InChI=1S/C6H10O2S2/c1-3-5-9(7)10(8)6-4-2/h3-4H,1-2,5-6H2. The highest BCUT2D eigenvalue weighted by molar-refractivity contribution is 8.67. The molecule has 0 amide bonds. The Morgan fingerprint density at radius 3 is 1.50 bits per heavy atom. The molecule has 0 N–H and O–H groups in total. The lowest BCUT2D eigenvalue weighted by atomic mass is 10.8. The predicted octanol–water partition coefficient (Wildman–Crippen LogP) is 0.771. The molecular formula is C6H10O2S2. The molecule has 0 radical (unpaired) electrons. The summed E-state index contributed by atoms with van der Waals surface area (Å²) in [6.45, 7) is 6.78. The second-order valence-corrected chi connectivity index (χ2v) is 5.63. The predicted molar refractivity (Wildman–Crippen MR) is 46.4 cm³/mol. The van der Waals surface area contributed by atoms with Crippen LogP contribution in [0.25, 0.3) is 0 Å². The minimum atomic E-state index is -1.28. The molecule has 0 aromatic carbocycles. The van der Waals surface area contributed by atoms with Gasteiger partial charge in [0.2, 0.25) is 0 Å². The van der Waals surface area contributed by atoms with Crippen LogP contribution in [-0.2, 0) is 20.4 Å². The lowest BCUT2D eigenvalue weighted by Crippen LogP contribution is -2.19. The van der Waals surface area contributed by atoms with Gasteiger partial charge in [0, 0.05) is 0 Å². The molecule has 0 aliphatic rings. The SMILES string of the molecule is C=CC[S+]([O-])[S+]([O-])CC=C. The Hall–Kier alpha value is 0.100. The van der Waals surface area contributed by atoms with E-state index in [0.717, 1.165) is 0 Å². The molecular weight excluding hydrogens is 168 g/mol. The number of hydrogen-bond donors (Lipinski definition) is 0. The van der Waals surface area contributed by atoms with E-state index in [1.807, 2.05) is 0 Å². The van der Waals surface area contributed by atoms with E-state index < -0.39 is 20.4 Å². The van der Waals surface area contributed by atoms with Crippen molar-refractivity contribution in [2.75, 3.05) is 11.5 Å². The van der Waals surface area contributed by atoms with Gasteiger partial charge >= 0.3 is 0 Å². The van der Waals surface area contributed by atoms with Crippen molar-refractivity contribution in [2.24, 2.45) is 0 Å². The summed E-state index contributed by atoms with van der Waals surface area (Å²) in [6.07, 6.45) is 2.99. The summed E-state index contributed by atoms with van der Waals surface area (Å²) >= 11 is 0. The average Bonchev–Trinajstić information content (AvgIpc) is 1.89. The molecule has 0 saturated heterocycles. The van der Waals surface area contributed by atoms with Gasteiger partial charge in [-0.15, -0.1) is 0 Å². The highest BCUT2D eigenvalue weighted by Gasteiger charge is 2.20. The topological polar surface area (TPSA) is 46.1 Å². The minimum Gasteiger partial charge on any atom is -0.571 e. The maximum Gasteiger partial charge on any atom is 0.175 e. The fourth-order valence-corrected chi connectivity index (χ4v) is 2.52. The van der Waals surface area contributed by atoms with Gasteiger partial charge in [-0.3, -0.25) is 0 Å². The fourth-order valence-electron chi connectivity index (χ4n) is 0.344. The van der Waals surface area contributed by atoms with Crippen molar-refractivity contribution >= 4 is 20.4 Å². The summed E-state index contributed by atoms with van der Waals surface area (Å²) in [4.78, 5) is 0. The second-order valence-electron chi connectivity index (χ2n) is 1.52. The van der Waals surface area contributed by atoms with E-state index in [2.05, 4.69) is 13.2 Å². The first-order valence-corrected chi connectivity index (χ1v) is 5.87. The van der Waals surface area contributed by atoms with Gasteiger partial charge in [0.1, 0.15) is 0 Å². The number of hydrogen-bond acceptors (Lipinski definition) is 2. The van der Waals surface area contributed by atoms with Crippen LogP contribution in [0.2, 0.25) is 0 Å². The third kappa shape index (κ3) is 4.00. The van der Waals surface area contributed by atoms with E-state index in [4.69, 9.17) is 0 Å². The van der Waals surface area contributed by atoms with Crippen LogP contribution in [0.4, 0.5) is 0 Å². The van der Waals surface area contributed by atoms with Crippen molar-refractivity contribution in [3.63, 3.8) is 0 Å². The van der Waals surface area contributed by atoms with Crippen LogP contribution in [0, 0.1) is 0 Å². The van der Waals surface area contributed by atoms with E-state index >= 15 is 0 Å². The zero-order valence-electron chi connectivity index (χ0n) is 5.62. The summed E-state index contributed by atoms with van der Waals surface area (Å²) in [5, 5.41) is 0. The Labute approximate surface area is 66.8 Å². The van der Waals surface area contributed by atoms with Crippen LogP contribution in [-0.4, -0.2) is 20.6 Å². The molecule has 4 heteroatoms. The van der Waals surface area contributed by atoms with Crippen molar-refractivity contribution in [3.8, 4) is 0 Å². The van der Waals surface area contributed by atoms with E-state index in [0.29, 0.717) is 11.5 Å². The van der Waals surface area contributed by atoms with E-state index in [1.54, 1.807) is 0 Å². The third-order valence-electron chi connectivity index (χ3n) is 0.715. The highest BCUT2D eigenvalue weighted by Crippen LogP contribution is 2.04. The van der Waals surface area contributed by atoms with Gasteiger partial charge in [0.25, 0.3) is 0 Å². The van der Waals surface area contributed by atoms with E-state index in [1.165, 1.54) is 12.2 Å². The smallest absolute Gasteiger partial charge is 0.175 e. The lowest BCUT2D eigenvalue weighted by molar-refractivity contribution is 0.585. The normalized spacial score (nSPS) is 15.8. The molecule has 0 heterocycles. The molecule has 0 spiro atoms. The molecule has 10 heavy (non-hydrogen) atoms. The largest absolute Gasteiger partial charge is 0.571 e. The zero-order valence-corrected chi connectivity index (χ0v) is 7.25. The molecule has 0 rings (SSSR count). The number of rotatable bonds is 5. The van der Waals surface area contributed by atoms with Gasteiger partial charge in [0.05, 0.1) is 0 Å². The molecule has 2 atom stereocenters. The van der Waals surface area contributed by atoms with E-state index in [9.17, 15) is 9.11 Å². The van der Waals surface area contributed by atoms with Gasteiger partial charge in [-0.05, 0) is 12.2 Å². The maximum absolute atomic E-state index is 10.8. The van der Waals surface area contributed by atoms with Crippen LogP contribution >= 0.6 is 0 Å². The summed E-state index contributed by atoms with van der Waals surface area (Å²) in [6, 6.07) is 0. The first-order chi connectivity index (χ1) is 4.72. The molecule has 2 unspecified atom stereocenters. The Morgan fingerprint density at radius 2 is 1.30 bits per heavy atom. The summed E-state index contributed by atoms with van der Waals surface area (Å²) in [5.41, 5.74) is 0. The van der Waals surface area contributed by atoms with Crippen LogP contribution in [0.15, 0.2) is 25.3 Å². The first-order valence-electron chi connectivity index (χ1n) is 2.71. The highest BCUT2D eigenvalue weighted by atomic mass is 33.2. The fraction of sp³-hybridized carbons (Fsp3) is 0.333. The van der Waals surface area contributed by atoms with Crippen molar-refractivity contribution < 1.29 is 9.11 Å². The maximum atomic E-state index is 10.8. The van der Waals surface area contributed by atoms with E-state index in [-0.39, 0.29) is 0 Å². The molecule has 0 fully saturated rings. The molecule has 0 saturated carbocycles.